The van der Waals surface area contributed by atoms with Gasteiger partial charge in [0, 0.05) is 16.1 Å². The van der Waals surface area contributed by atoms with Crippen molar-refractivity contribution in [2.45, 2.75) is 18.9 Å². The zero-order valence-corrected chi connectivity index (χ0v) is 14.6. The Labute approximate surface area is 145 Å². The van der Waals surface area contributed by atoms with Crippen molar-refractivity contribution in [2.24, 2.45) is 0 Å². The second-order valence-electron chi connectivity index (χ2n) is 5.05. The van der Waals surface area contributed by atoms with Gasteiger partial charge in [0.1, 0.15) is 6.04 Å². The molecule has 0 aliphatic heterocycles. The molecular weight excluding hydrogens is 354 g/mol. The first-order chi connectivity index (χ1) is 11.2. The van der Waals surface area contributed by atoms with Crippen LogP contribution in [0.3, 0.4) is 0 Å². The predicted molar refractivity (Wildman–Crippen MR) is 97.6 cm³/mol. The number of carbonyl (C=O) groups excluding carboxylic acids is 1. The Morgan fingerprint density at radius 1 is 1.22 bits per heavy atom. The summed E-state index contributed by atoms with van der Waals surface area (Å²) in [5.41, 5.74) is 1.87. The van der Waals surface area contributed by atoms with E-state index in [1.807, 2.05) is 54.6 Å². The van der Waals surface area contributed by atoms with Crippen molar-refractivity contribution in [3.05, 3.63) is 77.3 Å². The lowest BCUT2D eigenvalue weighted by Gasteiger charge is -2.25. The van der Waals surface area contributed by atoms with Crippen LogP contribution in [0.5, 0.6) is 0 Å². The molecule has 2 aromatic rings. The van der Waals surface area contributed by atoms with E-state index in [1.165, 1.54) is 0 Å². The van der Waals surface area contributed by atoms with Crippen LogP contribution >= 0.6 is 15.9 Å². The fraction of sp³-hybridized carbons (Fsp3) is 0.211. The second-order valence-corrected chi connectivity index (χ2v) is 5.97. The molecule has 23 heavy (non-hydrogen) atoms. The third-order valence-electron chi connectivity index (χ3n) is 3.50. The fourth-order valence-electron chi connectivity index (χ4n) is 2.39. The first-order valence-corrected chi connectivity index (χ1v) is 8.31. The van der Waals surface area contributed by atoms with Crippen molar-refractivity contribution in [3.8, 4) is 0 Å². The van der Waals surface area contributed by atoms with Crippen LogP contribution in [0.4, 0.5) is 5.69 Å². The smallest absolute Gasteiger partial charge is 0.329 e. The molecule has 3 nitrogen and oxygen atoms in total. The van der Waals surface area contributed by atoms with E-state index in [-0.39, 0.29) is 11.9 Å². The third-order valence-corrected chi connectivity index (χ3v) is 4.03. The molecule has 1 N–H and O–H groups in total. The normalized spacial score (nSPS) is 13.0. The highest BCUT2D eigenvalue weighted by Crippen LogP contribution is 2.25. The third kappa shape index (κ3) is 4.70. The number of hydrogen-bond acceptors (Lipinski definition) is 3. The van der Waals surface area contributed by atoms with Crippen molar-refractivity contribution in [1.82, 2.24) is 0 Å². The van der Waals surface area contributed by atoms with Gasteiger partial charge in [-0.3, -0.25) is 0 Å². The van der Waals surface area contributed by atoms with Crippen LogP contribution in [0, 0.1) is 0 Å². The van der Waals surface area contributed by atoms with Gasteiger partial charge in [-0.1, -0.05) is 52.3 Å². The summed E-state index contributed by atoms with van der Waals surface area (Å²) in [6.07, 6.45) is 1.78. The molecule has 0 saturated carbocycles. The Hall–Kier alpha value is -2.07. The van der Waals surface area contributed by atoms with Gasteiger partial charge in [0.25, 0.3) is 0 Å². The molecule has 0 radical (unpaired) electrons. The van der Waals surface area contributed by atoms with Crippen LogP contribution in [-0.2, 0) is 9.53 Å². The summed E-state index contributed by atoms with van der Waals surface area (Å²) in [5, 5.41) is 3.27. The minimum absolute atomic E-state index is 0.182. The molecule has 0 unspecified atom stereocenters. The number of ether oxygens (including phenoxy) is 1. The lowest BCUT2D eigenvalue weighted by atomic mass is 9.91. The monoisotopic (exact) mass is 373 g/mol. The lowest BCUT2D eigenvalue weighted by molar-refractivity contribution is -0.144. The zero-order chi connectivity index (χ0) is 16.7. The zero-order valence-electron chi connectivity index (χ0n) is 13.0. The summed E-state index contributed by atoms with van der Waals surface area (Å²) in [5.74, 6) is -0.469. The molecule has 0 amide bonds. The van der Waals surface area contributed by atoms with Crippen molar-refractivity contribution in [3.63, 3.8) is 0 Å². The van der Waals surface area contributed by atoms with Crippen LogP contribution in [0.2, 0.25) is 0 Å². The minimum atomic E-state index is -0.531. The van der Waals surface area contributed by atoms with Crippen molar-refractivity contribution in [1.29, 1.82) is 0 Å². The number of carbonyl (C=O) groups is 1. The highest BCUT2D eigenvalue weighted by Gasteiger charge is 2.28. The molecule has 0 bridgehead atoms. The number of benzene rings is 2. The molecule has 0 saturated heterocycles. The average Bonchev–Trinajstić information content (AvgIpc) is 2.57. The van der Waals surface area contributed by atoms with Crippen LogP contribution in [0.25, 0.3) is 0 Å². The Kier molecular flexibility index (Phi) is 6.41. The highest BCUT2D eigenvalue weighted by molar-refractivity contribution is 9.10. The Morgan fingerprint density at radius 3 is 2.43 bits per heavy atom. The maximum Gasteiger partial charge on any atom is 0.329 e. The summed E-state index contributed by atoms with van der Waals surface area (Å²) in [4.78, 5) is 12.4. The maximum absolute atomic E-state index is 12.4. The minimum Gasteiger partial charge on any atom is -0.464 e. The number of esters is 1. The topological polar surface area (TPSA) is 38.3 Å². The van der Waals surface area contributed by atoms with E-state index >= 15 is 0 Å². The van der Waals surface area contributed by atoms with Crippen LogP contribution in [0.1, 0.15) is 18.4 Å². The maximum atomic E-state index is 12.4. The molecule has 0 aromatic heterocycles. The highest BCUT2D eigenvalue weighted by atomic mass is 79.9. The second kappa shape index (κ2) is 8.53. The van der Waals surface area contributed by atoms with Gasteiger partial charge in [0.2, 0.25) is 0 Å². The Bertz CT molecular complexity index is 640. The van der Waals surface area contributed by atoms with Crippen LogP contribution in [-0.4, -0.2) is 18.6 Å². The summed E-state index contributed by atoms with van der Waals surface area (Å²) >= 11 is 3.41. The van der Waals surface area contributed by atoms with Crippen molar-refractivity contribution < 1.29 is 9.53 Å². The fourth-order valence-corrected chi connectivity index (χ4v) is 2.66. The lowest BCUT2D eigenvalue weighted by Crippen LogP contribution is -2.36. The largest absolute Gasteiger partial charge is 0.464 e. The molecule has 120 valence electrons. The van der Waals surface area contributed by atoms with Crippen LogP contribution in [0.15, 0.2) is 71.7 Å². The molecule has 0 aliphatic carbocycles. The summed E-state index contributed by atoms with van der Waals surface area (Å²) in [6, 6.07) is 17.0. The first kappa shape index (κ1) is 17.3. The molecule has 2 rings (SSSR count). The van der Waals surface area contributed by atoms with Gasteiger partial charge in [0.15, 0.2) is 0 Å². The van der Waals surface area contributed by atoms with Crippen molar-refractivity contribution in [2.75, 3.05) is 11.9 Å². The van der Waals surface area contributed by atoms with Gasteiger partial charge < -0.3 is 10.1 Å². The molecule has 0 heterocycles. The van der Waals surface area contributed by atoms with E-state index in [1.54, 1.807) is 13.0 Å². The van der Waals surface area contributed by atoms with Gasteiger partial charge in [0.05, 0.1) is 6.61 Å². The number of nitrogens with one attached hydrogen (secondary N) is 1. The van der Waals surface area contributed by atoms with Gasteiger partial charge >= 0.3 is 5.97 Å². The van der Waals surface area contributed by atoms with Gasteiger partial charge in [-0.05, 0) is 36.8 Å². The van der Waals surface area contributed by atoms with E-state index in [0.717, 1.165) is 15.7 Å². The summed E-state index contributed by atoms with van der Waals surface area (Å²) in [7, 11) is 0. The van der Waals surface area contributed by atoms with Gasteiger partial charge in [-0.15, -0.1) is 6.58 Å². The standard InChI is InChI=1S/C19H20BrNO2/c1-3-17(14-8-6-5-7-9-14)18(19(22)23-4-2)21-16-12-10-15(20)11-13-16/h3,5-13,17-18,21H,1,4H2,2H3/t17-,18+/m0/s1. The first-order valence-electron chi connectivity index (χ1n) is 7.52. The van der Waals surface area contributed by atoms with Crippen LogP contribution < -0.4 is 5.32 Å². The van der Waals surface area contributed by atoms with Gasteiger partial charge in [-0.2, -0.15) is 0 Å². The Balaban J connectivity index is 2.30. The number of rotatable bonds is 7. The SMILES string of the molecule is C=C[C@@H](c1ccccc1)[C@@H](Nc1ccc(Br)cc1)C(=O)OCC. The molecule has 0 spiro atoms. The van der Waals surface area contributed by atoms with Crippen molar-refractivity contribution >= 4 is 27.6 Å². The molecule has 2 aromatic carbocycles. The molecular formula is C19H20BrNO2. The van der Waals surface area contributed by atoms with Gasteiger partial charge in [-0.25, -0.2) is 4.79 Å². The number of halogens is 1. The summed E-state index contributed by atoms with van der Waals surface area (Å²) in [6.45, 7) is 6.05. The van der Waals surface area contributed by atoms with E-state index in [0.29, 0.717) is 6.61 Å². The van der Waals surface area contributed by atoms with E-state index in [2.05, 4.69) is 27.8 Å². The summed E-state index contributed by atoms with van der Waals surface area (Å²) < 4.78 is 6.23. The molecule has 0 aliphatic rings. The number of anilines is 1. The van der Waals surface area contributed by atoms with E-state index < -0.39 is 6.04 Å². The predicted octanol–water partition coefficient (Wildman–Crippen LogP) is 4.76. The van der Waals surface area contributed by atoms with E-state index in [9.17, 15) is 4.79 Å². The molecule has 2 atom stereocenters. The number of hydrogen-bond donors (Lipinski definition) is 1. The quantitative estimate of drug-likeness (QED) is 0.561. The van der Waals surface area contributed by atoms with E-state index in [4.69, 9.17) is 4.74 Å². The Morgan fingerprint density at radius 2 is 1.87 bits per heavy atom. The molecule has 4 heteroatoms. The average molecular weight is 374 g/mol. The molecule has 0 fully saturated rings.